The fourth-order valence-electron chi connectivity index (χ4n) is 6.61. The average molecular weight is 396 g/mol. The van der Waals surface area contributed by atoms with E-state index in [2.05, 4.69) is 78.0 Å². The molecular formula is C22H41N3O3. The van der Waals surface area contributed by atoms with Gasteiger partial charge in [0, 0.05) is 47.8 Å². The van der Waals surface area contributed by atoms with Gasteiger partial charge in [-0.25, -0.2) is 0 Å². The zero-order valence-electron chi connectivity index (χ0n) is 19.4. The first kappa shape index (κ1) is 22.0. The summed E-state index contributed by atoms with van der Waals surface area (Å²) in [7, 11) is 0. The average Bonchev–Trinajstić information content (AvgIpc) is 2.62. The van der Waals surface area contributed by atoms with E-state index in [-0.39, 0.29) is 28.1 Å². The van der Waals surface area contributed by atoms with Crippen LogP contribution in [-0.4, -0.2) is 51.1 Å². The maximum atomic E-state index is 13.4. The van der Waals surface area contributed by atoms with Gasteiger partial charge in [-0.05, 0) is 61.8 Å². The van der Waals surface area contributed by atoms with Gasteiger partial charge in [0.1, 0.15) is 5.72 Å². The summed E-state index contributed by atoms with van der Waals surface area (Å²) in [6.45, 7) is 20.2. The molecule has 162 valence electrons. The summed E-state index contributed by atoms with van der Waals surface area (Å²) in [5.41, 5.74) is -2.28. The van der Waals surface area contributed by atoms with E-state index >= 15 is 0 Å². The molecular weight excluding hydrogens is 354 g/mol. The van der Waals surface area contributed by atoms with Crippen LogP contribution < -0.4 is 10.6 Å². The number of hydrogen-bond acceptors (Lipinski definition) is 5. The Kier molecular flexibility index (Phi) is 5.03. The van der Waals surface area contributed by atoms with E-state index in [0.29, 0.717) is 32.3 Å². The standard InChI is InChI=1S/C22H41N3O3/c1-10-11-27-25-19(6,7)14-22(15-20(25,8)9)23-16(26)21(28-22)12-17(2,3)24-18(4,5)13-21/h24H,10-15H2,1-9H3,(H,23,26). The van der Waals surface area contributed by atoms with Gasteiger partial charge in [-0.15, -0.1) is 0 Å². The second-order valence-electron chi connectivity index (χ2n) is 11.9. The smallest absolute Gasteiger partial charge is 0.254 e. The molecule has 0 saturated carbocycles. The highest BCUT2D eigenvalue weighted by Crippen LogP contribution is 2.52. The minimum Gasteiger partial charge on any atom is -0.339 e. The highest BCUT2D eigenvalue weighted by atomic mass is 16.7. The summed E-state index contributed by atoms with van der Waals surface area (Å²) < 4.78 is 6.84. The van der Waals surface area contributed by atoms with Gasteiger partial charge in [0.2, 0.25) is 0 Å². The Morgan fingerprint density at radius 3 is 1.89 bits per heavy atom. The van der Waals surface area contributed by atoms with Gasteiger partial charge in [-0.3, -0.25) is 9.63 Å². The van der Waals surface area contributed by atoms with Crippen molar-refractivity contribution in [1.29, 1.82) is 0 Å². The first-order valence-electron chi connectivity index (χ1n) is 10.8. The molecule has 0 bridgehead atoms. The molecule has 0 aromatic heterocycles. The van der Waals surface area contributed by atoms with Crippen molar-refractivity contribution < 1.29 is 14.4 Å². The second-order valence-corrected chi connectivity index (χ2v) is 11.9. The molecule has 0 aromatic carbocycles. The lowest BCUT2D eigenvalue weighted by Crippen LogP contribution is -2.68. The number of amides is 1. The summed E-state index contributed by atoms with van der Waals surface area (Å²) >= 11 is 0. The fourth-order valence-corrected chi connectivity index (χ4v) is 6.61. The molecule has 1 amide bonds. The molecule has 28 heavy (non-hydrogen) atoms. The zero-order valence-corrected chi connectivity index (χ0v) is 19.4. The number of carbonyl (C=O) groups is 1. The van der Waals surface area contributed by atoms with Crippen molar-refractivity contribution in [1.82, 2.24) is 15.7 Å². The molecule has 3 aliphatic rings. The molecule has 0 atom stereocenters. The van der Waals surface area contributed by atoms with Crippen molar-refractivity contribution in [3.8, 4) is 0 Å². The predicted molar refractivity (Wildman–Crippen MR) is 111 cm³/mol. The molecule has 0 aromatic rings. The number of piperidine rings is 2. The molecule has 6 nitrogen and oxygen atoms in total. The van der Waals surface area contributed by atoms with E-state index < -0.39 is 11.3 Å². The molecule has 3 fully saturated rings. The first-order chi connectivity index (χ1) is 12.6. The van der Waals surface area contributed by atoms with Gasteiger partial charge in [-0.2, -0.15) is 5.06 Å². The summed E-state index contributed by atoms with van der Waals surface area (Å²) in [5, 5.41) is 9.12. The van der Waals surface area contributed by atoms with Crippen LogP contribution in [0.15, 0.2) is 0 Å². The van der Waals surface area contributed by atoms with Crippen molar-refractivity contribution in [3.05, 3.63) is 0 Å². The van der Waals surface area contributed by atoms with E-state index in [1.807, 2.05) is 0 Å². The van der Waals surface area contributed by atoms with Crippen LogP contribution in [0.4, 0.5) is 0 Å². The second kappa shape index (κ2) is 6.40. The molecule has 0 radical (unpaired) electrons. The normalized spacial score (nSPS) is 31.8. The molecule has 2 N–H and O–H groups in total. The zero-order chi connectivity index (χ0) is 21.2. The van der Waals surface area contributed by atoms with Crippen LogP contribution in [0.1, 0.15) is 94.4 Å². The topological polar surface area (TPSA) is 62.8 Å². The number of hydrogen-bond donors (Lipinski definition) is 2. The number of hydroxylamine groups is 2. The number of ether oxygens (including phenoxy) is 1. The van der Waals surface area contributed by atoms with Crippen LogP contribution in [0.2, 0.25) is 0 Å². The van der Waals surface area contributed by atoms with Gasteiger partial charge in [0.15, 0.2) is 5.60 Å². The van der Waals surface area contributed by atoms with Crippen LogP contribution in [0.3, 0.4) is 0 Å². The van der Waals surface area contributed by atoms with E-state index in [1.165, 1.54) is 0 Å². The molecule has 0 unspecified atom stereocenters. The van der Waals surface area contributed by atoms with Crippen molar-refractivity contribution in [2.75, 3.05) is 6.61 Å². The van der Waals surface area contributed by atoms with Crippen molar-refractivity contribution in [2.45, 2.75) is 128 Å². The number of nitrogens with zero attached hydrogens (tertiary/aromatic N) is 1. The lowest BCUT2D eigenvalue weighted by molar-refractivity contribution is -0.316. The van der Waals surface area contributed by atoms with Crippen molar-refractivity contribution in [3.63, 3.8) is 0 Å². The van der Waals surface area contributed by atoms with Crippen LogP contribution in [-0.2, 0) is 14.4 Å². The van der Waals surface area contributed by atoms with E-state index in [1.54, 1.807) is 0 Å². The third-order valence-electron chi connectivity index (χ3n) is 6.24. The molecule has 6 heteroatoms. The molecule has 3 rings (SSSR count). The van der Waals surface area contributed by atoms with Gasteiger partial charge in [0.05, 0.1) is 6.61 Å². The Morgan fingerprint density at radius 2 is 1.43 bits per heavy atom. The van der Waals surface area contributed by atoms with Gasteiger partial charge in [0.25, 0.3) is 5.91 Å². The van der Waals surface area contributed by atoms with Crippen LogP contribution in [0.5, 0.6) is 0 Å². The molecule has 3 heterocycles. The largest absolute Gasteiger partial charge is 0.339 e. The number of nitrogens with one attached hydrogen (secondary N) is 2. The van der Waals surface area contributed by atoms with Crippen molar-refractivity contribution >= 4 is 5.91 Å². The van der Waals surface area contributed by atoms with Gasteiger partial charge < -0.3 is 15.4 Å². The SMILES string of the molecule is CCCON1C(C)(C)CC2(CC1(C)C)NC(=O)C1(CC(C)(C)NC(C)(C)C1)O2. The maximum Gasteiger partial charge on any atom is 0.254 e. The molecule has 2 spiro atoms. The van der Waals surface area contributed by atoms with Crippen molar-refractivity contribution in [2.24, 2.45) is 0 Å². The number of carbonyl (C=O) groups excluding carboxylic acids is 1. The van der Waals surface area contributed by atoms with Crippen LogP contribution >= 0.6 is 0 Å². The number of rotatable bonds is 3. The Labute approximate surface area is 171 Å². The summed E-state index contributed by atoms with van der Waals surface area (Å²) in [5.74, 6) is 0.0460. The van der Waals surface area contributed by atoms with Gasteiger partial charge >= 0.3 is 0 Å². The third kappa shape index (κ3) is 3.85. The maximum absolute atomic E-state index is 13.4. The van der Waals surface area contributed by atoms with Gasteiger partial charge in [-0.1, -0.05) is 6.92 Å². The quantitative estimate of drug-likeness (QED) is 0.766. The lowest BCUT2D eigenvalue weighted by Gasteiger charge is -2.57. The lowest BCUT2D eigenvalue weighted by atomic mass is 9.72. The van der Waals surface area contributed by atoms with Crippen LogP contribution in [0, 0.1) is 0 Å². The Hall–Kier alpha value is -0.690. The fraction of sp³-hybridized carbons (Fsp3) is 0.955. The molecule has 0 aliphatic carbocycles. The van der Waals surface area contributed by atoms with E-state index in [0.717, 1.165) is 6.42 Å². The highest BCUT2D eigenvalue weighted by molar-refractivity contribution is 5.88. The molecule has 3 aliphatic heterocycles. The third-order valence-corrected chi connectivity index (χ3v) is 6.24. The summed E-state index contributed by atoms with van der Waals surface area (Å²) in [6.07, 6.45) is 3.73. The minimum atomic E-state index is -0.781. The Bertz CT molecular complexity index is 605. The van der Waals surface area contributed by atoms with Crippen LogP contribution in [0.25, 0.3) is 0 Å². The minimum absolute atomic E-state index is 0.0460. The summed E-state index contributed by atoms with van der Waals surface area (Å²) in [4.78, 5) is 19.5. The van der Waals surface area contributed by atoms with E-state index in [9.17, 15) is 4.79 Å². The molecule has 3 saturated heterocycles. The Morgan fingerprint density at radius 1 is 0.929 bits per heavy atom. The Balaban J connectivity index is 1.92. The highest BCUT2D eigenvalue weighted by Gasteiger charge is 2.65. The first-order valence-corrected chi connectivity index (χ1v) is 10.8. The predicted octanol–water partition coefficient (Wildman–Crippen LogP) is 3.50. The summed E-state index contributed by atoms with van der Waals surface area (Å²) in [6, 6.07) is 0. The van der Waals surface area contributed by atoms with E-state index in [4.69, 9.17) is 9.57 Å². The monoisotopic (exact) mass is 395 g/mol.